The number of H-pyrrole nitrogens is 1. The van der Waals surface area contributed by atoms with E-state index in [4.69, 9.17) is 5.11 Å². The van der Waals surface area contributed by atoms with E-state index in [1.807, 2.05) is 0 Å². The zero-order valence-electron chi connectivity index (χ0n) is 11.1. The standard InChI is InChI=1S/C13H18N2O4S/c16-13(17)12-8-11(9-14-12)20(18,19)15-7-6-10-4-2-1-3-5-10/h4,8-9,14-15H,1-3,5-7H2,(H,16,17). The van der Waals surface area contributed by atoms with Crippen molar-refractivity contribution in [3.63, 3.8) is 0 Å². The zero-order chi connectivity index (χ0) is 14.6. The molecule has 0 amide bonds. The van der Waals surface area contributed by atoms with Crippen molar-refractivity contribution in [3.8, 4) is 0 Å². The molecule has 0 fully saturated rings. The summed E-state index contributed by atoms with van der Waals surface area (Å²) in [6.07, 6.45) is 8.55. The summed E-state index contributed by atoms with van der Waals surface area (Å²) in [5.41, 5.74) is 1.15. The summed E-state index contributed by atoms with van der Waals surface area (Å²) in [5.74, 6) is -1.18. The van der Waals surface area contributed by atoms with Crippen LogP contribution in [0.3, 0.4) is 0 Å². The van der Waals surface area contributed by atoms with Crippen molar-refractivity contribution in [3.05, 3.63) is 29.6 Å². The molecule has 0 radical (unpaired) electrons. The third kappa shape index (κ3) is 3.71. The fourth-order valence-electron chi connectivity index (χ4n) is 2.21. The van der Waals surface area contributed by atoms with Gasteiger partial charge in [0.1, 0.15) is 10.6 Å². The van der Waals surface area contributed by atoms with Gasteiger partial charge in [-0.15, -0.1) is 0 Å². The number of aromatic carboxylic acids is 1. The van der Waals surface area contributed by atoms with E-state index in [2.05, 4.69) is 15.8 Å². The smallest absolute Gasteiger partial charge is 0.352 e. The Balaban J connectivity index is 1.93. The Kier molecular flexibility index (Phi) is 4.61. The van der Waals surface area contributed by atoms with Gasteiger partial charge in [-0.3, -0.25) is 0 Å². The molecule has 0 spiro atoms. The summed E-state index contributed by atoms with van der Waals surface area (Å²) >= 11 is 0. The van der Waals surface area contributed by atoms with Gasteiger partial charge in [0.05, 0.1) is 0 Å². The van der Waals surface area contributed by atoms with E-state index in [0.717, 1.165) is 18.9 Å². The molecule has 1 aliphatic rings. The molecule has 0 atom stereocenters. The van der Waals surface area contributed by atoms with E-state index in [1.54, 1.807) is 0 Å². The van der Waals surface area contributed by atoms with Crippen molar-refractivity contribution in [2.75, 3.05) is 6.54 Å². The summed E-state index contributed by atoms with van der Waals surface area (Å²) in [5, 5.41) is 8.76. The molecule has 0 saturated carbocycles. The van der Waals surface area contributed by atoms with Crippen LogP contribution < -0.4 is 4.72 Å². The average molecular weight is 298 g/mol. The number of sulfonamides is 1. The Bertz CT molecular complexity index is 616. The quantitative estimate of drug-likeness (QED) is 0.698. The molecule has 2 rings (SSSR count). The van der Waals surface area contributed by atoms with Crippen molar-refractivity contribution in [2.24, 2.45) is 0 Å². The highest BCUT2D eigenvalue weighted by Gasteiger charge is 2.17. The van der Waals surface area contributed by atoms with E-state index in [-0.39, 0.29) is 10.6 Å². The van der Waals surface area contributed by atoms with Crippen LogP contribution in [0, 0.1) is 0 Å². The van der Waals surface area contributed by atoms with Crippen LogP contribution in [0.15, 0.2) is 28.8 Å². The Hall–Kier alpha value is -1.60. The van der Waals surface area contributed by atoms with Crippen molar-refractivity contribution < 1.29 is 18.3 Å². The molecule has 1 aromatic rings. The second kappa shape index (κ2) is 6.23. The fraction of sp³-hybridized carbons (Fsp3) is 0.462. The molecule has 0 aromatic carbocycles. The predicted molar refractivity (Wildman–Crippen MR) is 74.1 cm³/mol. The van der Waals surface area contributed by atoms with Gasteiger partial charge in [-0.25, -0.2) is 17.9 Å². The maximum atomic E-state index is 12.0. The molecule has 110 valence electrons. The minimum absolute atomic E-state index is 0.0486. The maximum absolute atomic E-state index is 12.0. The summed E-state index contributed by atoms with van der Waals surface area (Å²) in [4.78, 5) is 13.1. The number of allylic oxidation sites excluding steroid dienone is 1. The van der Waals surface area contributed by atoms with Crippen LogP contribution in [0.25, 0.3) is 0 Å². The zero-order valence-corrected chi connectivity index (χ0v) is 11.9. The molecule has 0 bridgehead atoms. The highest BCUT2D eigenvalue weighted by molar-refractivity contribution is 7.89. The van der Waals surface area contributed by atoms with E-state index >= 15 is 0 Å². The number of carboxylic acid groups (broad SMARTS) is 1. The SMILES string of the molecule is O=C(O)c1cc(S(=O)(=O)NCCC2=CCCCC2)c[nH]1. The first-order valence-corrected chi connectivity index (χ1v) is 8.06. The van der Waals surface area contributed by atoms with E-state index < -0.39 is 16.0 Å². The number of aromatic amines is 1. The lowest BCUT2D eigenvalue weighted by atomic mass is 9.97. The van der Waals surface area contributed by atoms with E-state index in [1.165, 1.54) is 24.6 Å². The minimum atomic E-state index is -3.65. The lowest BCUT2D eigenvalue weighted by Gasteiger charge is -2.12. The first-order chi connectivity index (χ1) is 9.49. The second-order valence-electron chi connectivity index (χ2n) is 4.81. The summed E-state index contributed by atoms with van der Waals surface area (Å²) in [7, 11) is -3.65. The minimum Gasteiger partial charge on any atom is -0.477 e. The van der Waals surface area contributed by atoms with Gasteiger partial charge in [-0.05, 0) is 38.2 Å². The number of aromatic nitrogens is 1. The van der Waals surface area contributed by atoms with Gasteiger partial charge in [-0.2, -0.15) is 0 Å². The lowest BCUT2D eigenvalue weighted by molar-refractivity contribution is 0.0691. The highest BCUT2D eigenvalue weighted by Crippen LogP contribution is 2.19. The molecule has 6 nitrogen and oxygen atoms in total. The van der Waals surface area contributed by atoms with Gasteiger partial charge in [0, 0.05) is 12.7 Å². The molecule has 0 aliphatic heterocycles. The van der Waals surface area contributed by atoms with Crippen LogP contribution in [-0.4, -0.2) is 31.0 Å². The molecule has 0 saturated heterocycles. The molecule has 1 aliphatic carbocycles. The molecule has 0 unspecified atom stereocenters. The fourth-order valence-corrected chi connectivity index (χ4v) is 3.24. The normalized spacial score (nSPS) is 15.9. The number of carbonyl (C=O) groups is 1. The number of carboxylic acids is 1. The van der Waals surface area contributed by atoms with Gasteiger partial charge < -0.3 is 10.1 Å². The van der Waals surface area contributed by atoms with Crippen LogP contribution >= 0.6 is 0 Å². The second-order valence-corrected chi connectivity index (χ2v) is 6.58. The first kappa shape index (κ1) is 14.8. The number of rotatable bonds is 6. The van der Waals surface area contributed by atoms with Gasteiger partial charge in [0.2, 0.25) is 10.0 Å². The van der Waals surface area contributed by atoms with Crippen molar-refractivity contribution >= 4 is 16.0 Å². The van der Waals surface area contributed by atoms with Crippen LogP contribution in [0.4, 0.5) is 0 Å². The molecule has 3 N–H and O–H groups in total. The Morgan fingerprint density at radius 3 is 2.80 bits per heavy atom. The van der Waals surface area contributed by atoms with Crippen LogP contribution in [0.1, 0.15) is 42.6 Å². The summed E-state index contributed by atoms with van der Waals surface area (Å²) in [6.45, 7) is 0.335. The third-order valence-corrected chi connectivity index (χ3v) is 4.76. The predicted octanol–water partition coefficient (Wildman–Crippen LogP) is 1.88. The molecule has 1 aromatic heterocycles. The highest BCUT2D eigenvalue weighted by atomic mass is 32.2. The van der Waals surface area contributed by atoms with Gasteiger partial charge >= 0.3 is 5.97 Å². The molecule has 20 heavy (non-hydrogen) atoms. The van der Waals surface area contributed by atoms with Crippen molar-refractivity contribution in [1.82, 2.24) is 9.71 Å². The van der Waals surface area contributed by atoms with Crippen molar-refractivity contribution in [2.45, 2.75) is 37.0 Å². The van der Waals surface area contributed by atoms with Crippen LogP contribution in [0.5, 0.6) is 0 Å². The first-order valence-electron chi connectivity index (χ1n) is 6.58. The van der Waals surface area contributed by atoms with E-state index in [9.17, 15) is 13.2 Å². The number of nitrogens with one attached hydrogen (secondary N) is 2. The average Bonchev–Trinajstić information content (AvgIpc) is 2.90. The molecule has 7 heteroatoms. The Labute approximate surface area is 117 Å². The van der Waals surface area contributed by atoms with Gasteiger partial charge in [-0.1, -0.05) is 11.6 Å². The summed E-state index contributed by atoms with van der Waals surface area (Å²) < 4.78 is 26.4. The van der Waals surface area contributed by atoms with Crippen molar-refractivity contribution in [1.29, 1.82) is 0 Å². The van der Waals surface area contributed by atoms with Gasteiger partial charge in [0.25, 0.3) is 0 Å². The third-order valence-electron chi connectivity index (χ3n) is 3.32. The lowest BCUT2D eigenvalue weighted by Crippen LogP contribution is -2.24. The molecular weight excluding hydrogens is 280 g/mol. The Morgan fingerprint density at radius 2 is 2.20 bits per heavy atom. The number of hydrogen-bond acceptors (Lipinski definition) is 3. The largest absolute Gasteiger partial charge is 0.477 e. The number of hydrogen-bond donors (Lipinski definition) is 3. The molecular formula is C13H18N2O4S. The monoisotopic (exact) mass is 298 g/mol. The van der Waals surface area contributed by atoms with Crippen LogP contribution in [0.2, 0.25) is 0 Å². The molecule has 1 heterocycles. The van der Waals surface area contributed by atoms with Crippen LogP contribution in [-0.2, 0) is 10.0 Å². The van der Waals surface area contributed by atoms with E-state index in [0.29, 0.717) is 13.0 Å². The maximum Gasteiger partial charge on any atom is 0.352 e. The summed E-state index contributed by atoms with van der Waals surface area (Å²) in [6, 6.07) is 1.12. The van der Waals surface area contributed by atoms with Gasteiger partial charge in [0.15, 0.2) is 0 Å². The topological polar surface area (TPSA) is 99.3 Å². The Morgan fingerprint density at radius 1 is 1.40 bits per heavy atom.